The van der Waals surface area contributed by atoms with Gasteiger partial charge in [0.2, 0.25) is 5.91 Å². The molecule has 0 aliphatic rings. The number of anilines is 1. The van der Waals surface area contributed by atoms with Gasteiger partial charge < -0.3 is 10.6 Å². The third-order valence-electron chi connectivity index (χ3n) is 3.69. The van der Waals surface area contributed by atoms with Crippen LogP contribution in [0.5, 0.6) is 0 Å². The Morgan fingerprint density at radius 2 is 1.96 bits per heavy atom. The number of aromatic nitrogens is 2. The summed E-state index contributed by atoms with van der Waals surface area (Å²) in [7, 11) is 0. The van der Waals surface area contributed by atoms with Gasteiger partial charge in [-0.3, -0.25) is 9.89 Å². The maximum Gasteiger partial charge on any atom is 0.416 e. The Morgan fingerprint density at radius 1 is 1.29 bits per heavy atom. The molecule has 0 fully saturated rings. The van der Waals surface area contributed by atoms with Crippen LogP contribution >= 0.6 is 0 Å². The fourth-order valence-corrected chi connectivity index (χ4v) is 2.41. The van der Waals surface area contributed by atoms with E-state index in [9.17, 15) is 18.0 Å². The summed E-state index contributed by atoms with van der Waals surface area (Å²) < 4.78 is 39.1. The summed E-state index contributed by atoms with van der Waals surface area (Å²) >= 11 is 0. The van der Waals surface area contributed by atoms with Gasteiger partial charge in [-0.05, 0) is 32.4 Å². The van der Waals surface area contributed by atoms with E-state index in [1.807, 2.05) is 0 Å². The first-order valence-electron chi connectivity index (χ1n) is 7.41. The molecule has 0 radical (unpaired) electrons. The van der Waals surface area contributed by atoms with Crippen molar-refractivity contribution in [1.29, 1.82) is 0 Å². The molecule has 0 bridgehead atoms. The van der Waals surface area contributed by atoms with E-state index >= 15 is 0 Å². The van der Waals surface area contributed by atoms with E-state index in [0.717, 1.165) is 11.8 Å². The van der Waals surface area contributed by atoms with Crippen molar-refractivity contribution < 1.29 is 18.0 Å². The normalized spacial score (nSPS) is 12.9. The Morgan fingerprint density at radius 3 is 2.54 bits per heavy atom. The van der Waals surface area contributed by atoms with E-state index in [2.05, 4.69) is 20.8 Å². The molecule has 0 unspecified atom stereocenters. The van der Waals surface area contributed by atoms with Crippen molar-refractivity contribution in [3.8, 4) is 0 Å². The number of benzene rings is 1. The highest BCUT2D eigenvalue weighted by molar-refractivity contribution is 5.93. The summed E-state index contributed by atoms with van der Waals surface area (Å²) in [5, 5.41) is 12.2. The van der Waals surface area contributed by atoms with E-state index < -0.39 is 17.8 Å². The summed E-state index contributed by atoms with van der Waals surface area (Å²) in [6, 6.07) is 4.70. The lowest BCUT2D eigenvalue weighted by Crippen LogP contribution is -2.31. The monoisotopic (exact) mass is 340 g/mol. The molecule has 2 aromatic rings. The molecule has 1 amide bonds. The van der Waals surface area contributed by atoms with Crippen LogP contribution in [-0.2, 0) is 11.0 Å². The van der Waals surface area contributed by atoms with Crippen LogP contribution in [0.25, 0.3) is 0 Å². The molecule has 0 aliphatic heterocycles. The second-order valence-corrected chi connectivity index (χ2v) is 5.54. The molecule has 1 aromatic heterocycles. The van der Waals surface area contributed by atoms with Crippen LogP contribution in [0.3, 0.4) is 0 Å². The summed E-state index contributed by atoms with van der Waals surface area (Å²) in [6.07, 6.45) is -4.43. The smallest absolute Gasteiger partial charge is 0.322 e. The Bertz CT molecular complexity index is 705. The van der Waals surface area contributed by atoms with Gasteiger partial charge in [-0.15, -0.1) is 0 Å². The fraction of sp³-hybridized carbons (Fsp3) is 0.375. The number of nitrogens with one attached hydrogen (secondary N) is 3. The number of aryl methyl sites for hydroxylation is 2. The van der Waals surface area contributed by atoms with E-state index in [1.165, 1.54) is 12.1 Å². The fourth-order valence-electron chi connectivity index (χ4n) is 2.41. The Labute approximate surface area is 137 Å². The van der Waals surface area contributed by atoms with Crippen molar-refractivity contribution in [2.45, 2.75) is 33.0 Å². The van der Waals surface area contributed by atoms with E-state index in [0.29, 0.717) is 11.4 Å². The van der Waals surface area contributed by atoms with Gasteiger partial charge in [0.05, 0.1) is 29.2 Å². The molecule has 1 heterocycles. The van der Waals surface area contributed by atoms with Gasteiger partial charge in [-0.1, -0.05) is 18.2 Å². The topological polar surface area (TPSA) is 69.8 Å². The minimum atomic E-state index is -4.43. The predicted octanol–water partition coefficient (Wildman–Crippen LogP) is 3.33. The van der Waals surface area contributed by atoms with Crippen LogP contribution in [0.2, 0.25) is 0 Å². The second kappa shape index (κ2) is 7.04. The summed E-state index contributed by atoms with van der Waals surface area (Å²) in [5.41, 5.74) is 1.36. The summed E-state index contributed by atoms with van der Waals surface area (Å²) in [6.45, 7) is 4.99. The number of halogens is 3. The maximum absolute atomic E-state index is 13.0. The number of nitrogens with zero attached hydrogens (tertiary/aromatic N) is 1. The molecule has 0 saturated carbocycles. The molecular formula is C16H19F3N4O. The van der Waals surface area contributed by atoms with Gasteiger partial charge in [-0.25, -0.2) is 0 Å². The van der Waals surface area contributed by atoms with Gasteiger partial charge in [0.25, 0.3) is 0 Å². The Kier molecular flexibility index (Phi) is 5.28. The number of alkyl halides is 3. The SMILES string of the molecule is Cc1n[nH]c(C)c1NC(=O)CN[C@H](C)c1ccccc1C(F)(F)F. The molecule has 130 valence electrons. The van der Waals surface area contributed by atoms with Crippen molar-refractivity contribution in [1.82, 2.24) is 15.5 Å². The van der Waals surface area contributed by atoms with E-state index in [4.69, 9.17) is 0 Å². The molecule has 2 rings (SSSR count). The van der Waals surface area contributed by atoms with Crippen molar-refractivity contribution in [3.63, 3.8) is 0 Å². The quantitative estimate of drug-likeness (QED) is 0.782. The number of rotatable bonds is 5. The number of aromatic amines is 1. The van der Waals surface area contributed by atoms with Crippen LogP contribution in [0.1, 0.15) is 35.5 Å². The molecule has 24 heavy (non-hydrogen) atoms. The molecule has 0 spiro atoms. The first-order chi connectivity index (χ1) is 11.2. The molecular weight excluding hydrogens is 321 g/mol. The summed E-state index contributed by atoms with van der Waals surface area (Å²) in [5.74, 6) is -0.348. The molecule has 1 aromatic carbocycles. The average Bonchev–Trinajstić information content (AvgIpc) is 2.83. The van der Waals surface area contributed by atoms with Gasteiger partial charge >= 0.3 is 6.18 Å². The van der Waals surface area contributed by atoms with Crippen LogP contribution < -0.4 is 10.6 Å². The van der Waals surface area contributed by atoms with Crippen LogP contribution in [-0.4, -0.2) is 22.6 Å². The largest absolute Gasteiger partial charge is 0.416 e. The number of carbonyl (C=O) groups is 1. The first-order valence-corrected chi connectivity index (χ1v) is 7.41. The standard InChI is InChI=1S/C16H19F3N4O/c1-9(12-6-4-5-7-13(12)16(17,18)19)20-8-14(24)21-15-10(2)22-23-11(15)3/h4-7,9,20H,8H2,1-3H3,(H,21,24)(H,22,23)/t9-/m1/s1. The molecule has 3 N–H and O–H groups in total. The molecule has 0 aliphatic carbocycles. The lowest BCUT2D eigenvalue weighted by atomic mass is 10.0. The zero-order valence-corrected chi connectivity index (χ0v) is 13.6. The summed E-state index contributed by atoms with van der Waals surface area (Å²) in [4.78, 5) is 12.0. The van der Waals surface area contributed by atoms with E-state index in [-0.39, 0.29) is 18.0 Å². The molecule has 5 nitrogen and oxygen atoms in total. The molecule has 1 atom stereocenters. The Hall–Kier alpha value is -2.35. The van der Waals surface area contributed by atoms with Crippen LogP contribution in [0, 0.1) is 13.8 Å². The minimum Gasteiger partial charge on any atom is -0.322 e. The van der Waals surface area contributed by atoms with Gasteiger partial charge in [0, 0.05) is 6.04 Å². The zero-order chi connectivity index (χ0) is 17.9. The van der Waals surface area contributed by atoms with Crippen molar-refractivity contribution in [2.24, 2.45) is 0 Å². The highest BCUT2D eigenvalue weighted by atomic mass is 19.4. The number of hydrogen-bond donors (Lipinski definition) is 3. The number of amides is 1. The van der Waals surface area contributed by atoms with Gasteiger partial charge in [0.1, 0.15) is 0 Å². The average molecular weight is 340 g/mol. The number of carbonyl (C=O) groups excluding carboxylic acids is 1. The maximum atomic E-state index is 13.0. The van der Waals surface area contributed by atoms with Gasteiger partial charge in [-0.2, -0.15) is 18.3 Å². The van der Waals surface area contributed by atoms with Crippen molar-refractivity contribution in [3.05, 3.63) is 46.8 Å². The molecule has 0 saturated heterocycles. The second-order valence-electron chi connectivity index (χ2n) is 5.54. The number of hydrogen-bond acceptors (Lipinski definition) is 3. The molecule has 8 heteroatoms. The Balaban J connectivity index is 2.01. The lowest BCUT2D eigenvalue weighted by Gasteiger charge is -2.19. The van der Waals surface area contributed by atoms with Crippen LogP contribution in [0.4, 0.5) is 18.9 Å². The number of H-pyrrole nitrogens is 1. The third kappa shape index (κ3) is 4.14. The highest BCUT2D eigenvalue weighted by Gasteiger charge is 2.34. The highest BCUT2D eigenvalue weighted by Crippen LogP contribution is 2.34. The van der Waals surface area contributed by atoms with Crippen molar-refractivity contribution >= 4 is 11.6 Å². The lowest BCUT2D eigenvalue weighted by molar-refractivity contribution is -0.138. The minimum absolute atomic E-state index is 0.105. The van der Waals surface area contributed by atoms with Gasteiger partial charge in [0.15, 0.2) is 0 Å². The van der Waals surface area contributed by atoms with Crippen molar-refractivity contribution in [2.75, 3.05) is 11.9 Å². The van der Waals surface area contributed by atoms with E-state index in [1.54, 1.807) is 26.8 Å². The van der Waals surface area contributed by atoms with Crippen LogP contribution in [0.15, 0.2) is 24.3 Å². The third-order valence-corrected chi connectivity index (χ3v) is 3.69. The zero-order valence-electron chi connectivity index (χ0n) is 13.6. The first kappa shape index (κ1) is 18.0. The predicted molar refractivity (Wildman–Crippen MR) is 84.6 cm³/mol.